The summed E-state index contributed by atoms with van der Waals surface area (Å²) in [6.45, 7) is 8.30. The molecule has 23 heavy (non-hydrogen) atoms. The van der Waals surface area contributed by atoms with E-state index in [1.54, 1.807) is 0 Å². The Hall–Kier alpha value is -1.09. The van der Waals surface area contributed by atoms with E-state index >= 15 is 0 Å². The predicted molar refractivity (Wildman–Crippen MR) is 92.7 cm³/mol. The number of carbonyl (C=O) groups is 1. The van der Waals surface area contributed by atoms with Crippen LogP contribution in [0.5, 0.6) is 0 Å². The van der Waals surface area contributed by atoms with E-state index in [9.17, 15) is 9.90 Å². The van der Waals surface area contributed by atoms with Crippen LogP contribution in [0.3, 0.4) is 0 Å². The number of carbonyl (C=O) groups excluding carboxylic acids is 1. The molecule has 0 aromatic carbocycles. The van der Waals surface area contributed by atoms with Gasteiger partial charge in [0.15, 0.2) is 0 Å². The van der Waals surface area contributed by atoms with Crippen LogP contribution in [-0.2, 0) is 9.53 Å². The van der Waals surface area contributed by atoms with Crippen molar-refractivity contribution in [1.29, 1.82) is 0 Å². The summed E-state index contributed by atoms with van der Waals surface area (Å²) < 4.78 is 5.95. The molecule has 0 aromatic rings. The second kappa shape index (κ2) is 8.14. The summed E-state index contributed by atoms with van der Waals surface area (Å²) in [4.78, 5) is 12.3. The zero-order chi connectivity index (χ0) is 17.0. The van der Waals surface area contributed by atoms with Crippen molar-refractivity contribution in [2.24, 2.45) is 35.5 Å². The number of aliphatic hydroxyl groups excluding tert-OH is 1. The average Bonchev–Trinajstić information content (AvgIpc) is 2.54. The first-order valence-corrected chi connectivity index (χ1v) is 9.14. The highest BCUT2D eigenvalue weighted by atomic mass is 16.5. The van der Waals surface area contributed by atoms with Gasteiger partial charge in [0, 0.05) is 12.5 Å². The average molecular weight is 320 g/mol. The van der Waals surface area contributed by atoms with Gasteiger partial charge in [-0.2, -0.15) is 0 Å². The third-order valence-electron chi connectivity index (χ3n) is 5.82. The Kier molecular flexibility index (Phi) is 6.46. The Morgan fingerprint density at radius 3 is 2.74 bits per heavy atom. The van der Waals surface area contributed by atoms with Gasteiger partial charge < -0.3 is 9.84 Å². The van der Waals surface area contributed by atoms with E-state index in [2.05, 4.69) is 31.2 Å². The van der Waals surface area contributed by atoms with Crippen LogP contribution in [0.2, 0.25) is 0 Å². The highest BCUT2D eigenvalue weighted by Crippen LogP contribution is 2.46. The van der Waals surface area contributed by atoms with Crippen molar-refractivity contribution in [3.8, 4) is 0 Å². The number of allylic oxidation sites excluding steroid dienone is 4. The standard InChI is InChI=1S/C20H32O3/c1-5-7-15-10-16-9-8-14(4)17(12-21)19(16)18(11-15)23-20(22)13(3)6-2/h5,7-9,13-19,21H,6,10-12H2,1-4H3/b7-5-/t13-,14-,15-,16-,17-,18-,19-/m0/s1. The van der Waals surface area contributed by atoms with E-state index < -0.39 is 0 Å². The molecular formula is C20H32O3. The molecule has 130 valence electrons. The number of hydrogen-bond acceptors (Lipinski definition) is 3. The number of fused-ring (bicyclic) bond motifs is 1. The Balaban J connectivity index is 2.23. The van der Waals surface area contributed by atoms with E-state index in [4.69, 9.17) is 4.74 Å². The Labute approximate surface area is 140 Å². The van der Waals surface area contributed by atoms with Gasteiger partial charge in [0.25, 0.3) is 0 Å². The summed E-state index contributed by atoms with van der Waals surface area (Å²) >= 11 is 0. The highest BCUT2D eigenvalue weighted by Gasteiger charge is 2.45. The summed E-state index contributed by atoms with van der Waals surface area (Å²) in [5, 5.41) is 9.89. The lowest BCUT2D eigenvalue weighted by Gasteiger charge is -2.47. The molecule has 2 aliphatic carbocycles. The first-order chi connectivity index (χ1) is 11.0. The maximum Gasteiger partial charge on any atom is 0.308 e. The van der Waals surface area contributed by atoms with Crippen molar-refractivity contribution in [1.82, 2.24) is 0 Å². The van der Waals surface area contributed by atoms with Crippen LogP contribution in [0.1, 0.15) is 47.0 Å². The molecule has 1 fully saturated rings. The fourth-order valence-corrected chi connectivity index (χ4v) is 4.22. The third kappa shape index (κ3) is 4.06. The first-order valence-electron chi connectivity index (χ1n) is 9.14. The molecule has 7 atom stereocenters. The molecular weight excluding hydrogens is 288 g/mol. The van der Waals surface area contributed by atoms with Gasteiger partial charge in [0.1, 0.15) is 6.10 Å². The minimum Gasteiger partial charge on any atom is -0.462 e. The van der Waals surface area contributed by atoms with E-state index in [1.807, 2.05) is 20.8 Å². The predicted octanol–water partition coefficient (Wildman–Crippen LogP) is 3.98. The molecule has 1 N–H and O–H groups in total. The fourth-order valence-electron chi connectivity index (χ4n) is 4.22. The molecule has 0 saturated heterocycles. The van der Waals surface area contributed by atoms with Crippen molar-refractivity contribution in [2.75, 3.05) is 6.61 Å². The van der Waals surface area contributed by atoms with Crippen molar-refractivity contribution >= 4 is 5.97 Å². The smallest absolute Gasteiger partial charge is 0.308 e. The SMILES string of the molecule is C/C=C\[C@@H]1C[C@H](OC(=O)[C@@H](C)CC)[C@@H]2[C@@H](CO)[C@@H](C)C=C[C@H]2C1. The van der Waals surface area contributed by atoms with Crippen molar-refractivity contribution in [3.05, 3.63) is 24.3 Å². The first kappa shape index (κ1) is 18.3. The molecule has 0 aromatic heterocycles. The summed E-state index contributed by atoms with van der Waals surface area (Å²) in [6.07, 6.45) is 11.5. The van der Waals surface area contributed by atoms with Crippen LogP contribution in [0, 0.1) is 35.5 Å². The van der Waals surface area contributed by atoms with Gasteiger partial charge in [-0.1, -0.05) is 45.1 Å². The second-order valence-electron chi connectivity index (χ2n) is 7.37. The number of aliphatic hydroxyl groups is 1. The maximum atomic E-state index is 12.3. The molecule has 0 amide bonds. The molecule has 0 spiro atoms. The molecule has 2 aliphatic rings. The molecule has 0 unspecified atom stereocenters. The monoisotopic (exact) mass is 320 g/mol. The molecule has 0 aliphatic heterocycles. The van der Waals surface area contributed by atoms with Gasteiger partial charge in [-0.25, -0.2) is 0 Å². The third-order valence-corrected chi connectivity index (χ3v) is 5.82. The Morgan fingerprint density at radius 2 is 2.13 bits per heavy atom. The molecule has 3 nitrogen and oxygen atoms in total. The zero-order valence-corrected chi connectivity index (χ0v) is 14.9. The van der Waals surface area contributed by atoms with Gasteiger partial charge in [-0.15, -0.1) is 0 Å². The largest absolute Gasteiger partial charge is 0.462 e. The number of rotatable bonds is 5. The van der Waals surface area contributed by atoms with Crippen LogP contribution < -0.4 is 0 Å². The highest BCUT2D eigenvalue weighted by molar-refractivity contribution is 5.72. The number of hydrogen-bond donors (Lipinski definition) is 1. The van der Waals surface area contributed by atoms with E-state index in [-0.39, 0.29) is 36.4 Å². The van der Waals surface area contributed by atoms with Crippen LogP contribution in [0.15, 0.2) is 24.3 Å². The van der Waals surface area contributed by atoms with E-state index in [0.29, 0.717) is 17.8 Å². The summed E-state index contributed by atoms with van der Waals surface area (Å²) in [6, 6.07) is 0. The number of ether oxygens (including phenoxy) is 1. The van der Waals surface area contributed by atoms with Crippen LogP contribution in [0.25, 0.3) is 0 Å². The second-order valence-corrected chi connectivity index (χ2v) is 7.37. The van der Waals surface area contributed by atoms with Crippen molar-refractivity contribution in [3.63, 3.8) is 0 Å². The lowest BCUT2D eigenvalue weighted by atomic mass is 9.62. The lowest BCUT2D eigenvalue weighted by molar-refractivity contribution is -0.164. The van der Waals surface area contributed by atoms with Gasteiger partial charge in [-0.3, -0.25) is 4.79 Å². The maximum absolute atomic E-state index is 12.3. The normalized spacial score (nSPS) is 38.3. The fraction of sp³-hybridized carbons (Fsp3) is 0.750. The molecule has 1 saturated carbocycles. The van der Waals surface area contributed by atoms with E-state index in [0.717, 1.165) is 19.3 Å². The van der Waals surface area contributed by atoms with Crippen LogP contribution in [0.4, 0.5) is 0 Å². The van der Waals surface area contributed by atoms with Gasteiger partial charge in [-0.05, 0) is 49.9 Å². The van der Waals surface area contributed by atoms with Crippen LogP contribution >= 0.6 is 0 Å². The lowest BCUT2D eigenvalue weighted by Crippen LogP contribution is -2.47. The summed E-state index contributed by atoms with van der Waals surface area (Å²) in [5.74, 6) is 1.47. The molecule has 0 radical (unpaired) electrons. The molecule has 0 bridgehead atoms. The van der Waals surface area contributed by atoms with Crippen LogP contribution in [-0.4, -0.2) is 23.8 Å². The minimum absolute atomic E-state index is 0.0559. The van der Waals surface area contributed by atoms with Gasteiger partial charge in [0.2, 0.25) is 0 Å². The van der Waals surface area contributed by atoms with Crippen molar-refractivity contribution in [2.45, 2.75) is 53.1 Å². The summed E-state index contributed by atoms with van der Waals surface area (Å²) in [5.41, 5.74) is 0. The Bertz CT molecular complexity index is 454. The van der Waals surface area contributed by atoms with Gasteiger partial charge >= 0.3 is 5.97 Å². The quantitative estimate of drug-likeness (QED) is 0.616. The number of esters is 1. The van der Waals surface area contributed by atoms with Gasteiger partial charge in [0.05, 0.1) is 5.92 Å². The topological polar surface area (TPSA) is 46.5 Å². The molecule has 2 rings (SSSR count). The Morgan fingerprint density at radius 1 is 1.39 bits per heavy atom. The van der Waals surface area contributed by atoms with Crippen molar-refractivity contribution < 1.29 is 14.6 Å². The molecule has 3 heteroatoms. The molecule has 0 heterocycles. The zero-order valence-electron chi connectivity index (χ0n) is 14.9. The summed E-state index contributed by atoms with van der Waals surface area (Å²) in [7, 11) is 0. The van der Waals surface area contributed by atoms with E-state index in [1.165, 1.54) is 0 Å². The minimum atomic E-state index is -0.0868.